The fourth-order valence-electron chi connectivity index (χ4n) is 1.39. The van der Waals surface area contributed by atoms with Gasteiger partial charge in [-0.25, -0.2) is 0 Å². The lowest BCUT2D eigenvalue weighted by atomic mass is 9.89. The lowest BCUT2D eigenvalue weighted by molar-refractivity contribution is 0.367. The molecule has 1 rings (SSSR count). The summed E-state index contributed by atoms with van der Waals surface area (Å²) in [6.45, 7) is 8.46. The third kappa shape index (κ3) is 1.64. The molecule has 0 bridgehead atoms. The largest absolute Gasteiger partial charge is 0.494 e. The van der Waals surface area contributed by atoms with Crippen molar-refractivity contribution in [3.8, 4) is 11.8 Å². The second-order valence-electron chi connectivity index (χ2n) is 4.23. The van der Waals surface area contributed by atoms with Crippen molar-refractivity contribution >= 4 is 0 Å². The number of hydrogen-bond donors (Lipinski definition) is 2. The zero-order chi connectivity index (χ0) is 10.2. The summed E-state index contributed by atoms with van der Waals surface area (Å²) in [5, 5.41) is 19.2. The van der Waals surface area contributed by atoms with Gasteiger partial charge in [0.25, 0.3) is 0 Å². The predicted molar refractivity (Wildman–Crippen MR) is 52.1 cm³/mol. The van der Waals surface area contributed by atoms with Gasteiger partial charge in [0, 0.05) is 18.2 Å². The maximum Gasteiger partial charge on any atom is 0.197 e. The van der Waals surface area contributed by atoms with Crippen LogP contribution in [0.4, 0.5) is 0 Å². The van der Waals surface area contributed by atoms with Gasteiger partial charge in [0.05, 0.1) is 0 Å². The van der Waals surface area contributed by atoms with Gasteiger partial charge in [-0.05, 0) is 12.3 Å². The summed E-state index contributed by atoms with van der Waals surface area (Å²) in [6, 6.07) is 1.62. The van der Waals surface area contributed by atoms with Gasteiger partial charge < -0.3 is 10.2 Å². The first kappa shape index (κ1) is 9.96. The average molecular weight is 183 g/mol. The van der Waals surface area contributed by atoms with Gasteiger partial charge in [-0.2, -0.15) is 0 Å². The van der Waals surface area contributed by atoms with E-state index in [2.05, 4.69) is 0 Å². The van der Waals surface area contributed by atoms with Crippen LogP contribution >= 0.6 is 0 Å². The minimum absolute atomic E-state index is 0.130. The van der Waals surface area contributed by atoms with Gasteiger partial charge in [0.15, 0.2) is 11.8 Å². The Bertz CT molecular complexity index is 307. The number of rotatable bonds is 1. The summed E-state index contributed by atoms with van der Waals surface area (Å²) in [5.41, 5.74) is 0.647. The molecule has 0 aliphatic carbocycles. The number of hydrogen-bond acceptors (Lipinski definition) is 2. The molecule has 0 aliphatic heterocycles. The Morgan fingerprint density at radius 2 is 1.85 bits per heavy atom. The highest BCUT2D eigenvalue weighted by atomic mass is 16.3. The number of aromatic nitrogens is 1. The molecule has 1 aromatic heterocycles. The van der Waals surface area contributed by atoms with Crippen molar-refractivity contribution < 1.29 is 10.2 Å². The molecule has 13 heavy (non-hydrogen) atoms. The van der Waals surface area contributed by atoms with E-state index in [1.165, 1.54) is 4.57 Å². The third-order valence-corrected chi connectivity index (χ3v) is 2.17. The van der Waals surface area contributed by atoms with Gasteiger partial charge in [-0.15, -0.1) is 0 Å². The first-order valence-electron chi connectivity index (χ1n) is 4.50. The molecule has 0 saturated heterocycles. The van der Waals surface area contributed by atoms with Gasteiger partial charge in [-0.3, -0.25) is 4.57 Å². The van der Waals surface area contributed by atoms with Gasteiger partial charge in [0.2, 0.25) is 0 Å². The van der Waals surface area contributed by atoms with Crippen LogP contribution in [0.1, 0.15) is 33.3 Å². The number of aromatic hydroxyl groups is 2. The Morgan fingerprint density at radius 1 is 1.31 bits per heavy atom. The summed E-state index contributed by atoms with van der Waals surface area (Å²) in [7, 11) is 0. The SMILES string of the molecule is CCn1c(O)cc(C(C)(C)C)c1O. The first-order chi connectivity index (χ1) is 5.88. The summed E-state index contributed by atoms with van der Waals surface area (Å²) in [5.74, 6) is 0.303. The second-order valence-corrected chi connectivity index (χ2v) is 4.23. The molecule has 74 valence electrons. The van der Waals surface area contributed by atoms with Crippen LogP contribution in [0, 0.1) is 0 Å². The molecule has 0 spiro atoms. The highest BCUT2D eigenvalue weighted by molar-refractivity contribution is 5.39. The first-order valence-corrected chi connectivity index (χ1v) is 4.50. The Balaban J connectivity index is 3.26. The number of nitrogens with zero attached hydrogens (tertiary/aromatic N) is 1. The van der Waals surface area contributed by atoms with E-state index in [0.717, 1.165) is 5.56 Å². The molecule has 0 aliphatic rings. The van der Waals surface area contributed by atoms with E-state index in [9.17, 15) is 10.2 Å². The lowest BCUT2D eigenvalue weighted by Crippen LogP contribution is -2.10. The van der Waals surface area contributed by atoms with Crippen LogP contribution in [-0.4, -0.2) is 14.8 Å². The van der Waals surface area contributed by atoms with Crippen molar-refractivity contribution in [2.75, 3.05) is 0 Å². The van der Waals surface area contributed by atoms with E-state index in [0.29, 0.717) is 6.54 Å². The fourth-order valence-corrected chi connectivity index (χ4v) is 1.39. The fraction of sp³-hybridized carbons (Fsp3) is 0.600. The minimum atomic E-state index is -0.137. The van der Waals surface area contributed by atoms with Gasteiger partial charge in [-0.1, -0.05) is 20.8 Å². The Labute approximate surface area is 78.6 Å². The van der Waals surface area contributed by atoms with E-state index in [4.69, 9.17) is 0 Å². The maximum absolute atomic E-state index is 9.75. The molecule has 2 N–H and O–H groups in total. The normalized spacial score (nSPS) is 12.0. The van der Waals surface area contributed by atoms with Crippen molar-refractivity contribution in [1.82, 2.24) is 4.57 Å². The molecule has 0 saturated carbocycles. The Hall–Kier alpha value is -1.12. The molecule has 1 aromatic rings. The molecule has 0 unspecified atom stereocenters. The maximum atomic E-state index is 9.75. The zero-order valence-corrected chi connectivity index (χ0v) is 8.63. The molecule has 0 aromatic carbocycles. The van der Waals surface area contributed by atoms with Crippen molar-refractivity contribution in [3.63, 3.8) is 0 Å². The summed E-state index contributed by atoms with van der Waals surface area (Å²) in [6.07, 6.45) is 0. The van der Waals surface area contributed by atoms with E-state index in [1.54, 1.807) is 6.07 Å². The minimum Gasteiger partial charge on any atom is -0.494 e. The van der Waals surface area contributed by atoms with Crippen molar-refractivity contribution in [3.05, 3.63) is 11.6 Å². The van der Waals surface area contributed by atoms with E-state index < -0.39 is 0 Å². The van der Waals surface area contributed by atoms with E-state index in [-0.39, 0.29) is 17.2 Å². The highest BCUT2D eigenvalue weighted by Crippen LogP contribution is 2.36. The summed E-state index contributed by atoms with van der Waals surface area (Å²) in [4.78, 5) is 0. The highest BCUT2D eigenvalue weighted by Gasteiger charge is 2.23. The van der Waals surface area contributed by atoms with Crippen LogP contribution in [0.2, 0.25) is 0 Å². The molecule has 0 radical (unpaired) electrons. The smallest absolute Gasteiger partial charge is 0.197 e. The standard InChI is InChI=1S/C10H17NO2/c1-5-11-8(12)6-7(9(11)13)10(2,3)4/h6,12-13H,5H2,1-4H3. The third-order valence-electron chi connectivity index (χ3n) is 2.17. The summed E-state index contributed by atoms with van der Waals surface area (Å²) < 4.78 is 1.49. The Morgan fingerprint density at radius 3 is 2.08 bits per heavy atom. The molecular weight excluding hydrogens is 166 g/mol. The van der Waals surface area contributed by atoms with Crippen LogP contribution in [0.3, 0.4) is 0 Å². The molecule has 1 heterocycles. The van der Waals surface area contributed by atoms with Crippen LogP contribution in [0.5, 0.6) is 11.8 Å². The van der Waals surface area contributed by atoms with Crippen LogP contribution < -0.4 is 0 Å². The summed E-state index contributed by atoms with van der Waals surface area (Å²) >= 11 is 0. The van der Waals surface area contributed by atoms with Crippen LogP contribution in [-0.2, 0) is 12.0 Å². The topological polar surface area (TPSA) is 45.4 Å². The van der Waals surface area contributed by atoms with E-state index >= 15 is 0 Å². The van der Waals surface area contributed by atoms with E-state index in [1.807, 2.05) is 27.7 Å². The van der Waals surface area contributed by atoms with Crippen LogP contribution in [0.15, 0.2) is 6.07 Å². The average Bonchev–Trinajstić information content (AvgIpc) is 2.25. The predicted octanol–water partition coefficient (Wildman–Crippen LogP) is 2.22. The Kier molecular flexibility index (Phi) is 2.28. The van der Waals surface area contributed by atoms with Crippen molar-refractivity contribution in [2.45, 2.75) is 39.7 Å². The lowest BCUT2D eigenvalue weighted by Gasteiger charge is -2.17. The van der Waals surface area contributed by atoms with Crippen LogP contribution in [0.25, 0.3) is 0 Å². The van der Waals surface area contributed by atoms with Crippen molar-refractivity contribution in [1.29, 1.82) is 0 Å². The second kappa shape index (κ2) is 2.98. The monoisotopic (exact) mass is 183 g/mol. The molecule has 3 nitrogen and oxygen atoms in total. The molecule has 0 fully saturated rings. The molecule has 0 amide bonds. The molecule has 0 atom stereocenters. The zero-order valence-electron chi connectivity index (χ0n) is 8.63. The molecular formula is C10H17NO2. The van der Waals surface area contributed by atoms with Gasteiger partial charge in [0.1, 0.15) is 0 Å². The molecule has 3 heteroatoms. The van der Waals surface area contributed by atoms with Crippen molar-refractivity contribution in [2.24, 2.45) is 0 Å². The quantitative estimate of drug-likeness (QED) is 0.701. The van der Waals surface area contributed by atoms with Gasteiger partial charge >= 0.3 is 0 Å².